The largest absolute Gasteiger partial charge is 0.344 e. The van der Waals surface area contributed by atoms with E-state index in [0.29, 0.717) is 0 Å². The lowest BCUT2D eigenvalue weighted by Gasteiger charge is -2.29. The Morgan fingerprint density at radius 3 is 2.69 bits per heavy atom. The Bertz CT molecular complexity index is 503. The molecule has 0 bridgehead atoms. The molecule has 0 spiro atoms. The summed E-state index contributed by atoms with van der Waals surface area (Å²) >= 11 is 0. The van der Waals surface area contributed by atoms with Crippen LogP contribution in [0.3, 0.4) is 0 Å². The van der Waals surface area contributed by atoms with Gasteiger partial charge in [0, 0.05) is 24.0 Å². The molecule has 16 heavy (non-hydrogen) atoms. The molecule has 0 fully saturated rings. The van der Waals surface area contributed by atoms with E-state index in [0.717, 1.165) is 6.54 Å². The van der Waals surface area contributed by atoms with Gasteiger partial charge in [0.1, 0.15) is 0 Å². The molecule has 78 valence electrons. The number of fused-ring (bicyclic) bond motifs is 1. The van der Waals surface area contributed by atoms with E-state index in [1.54, 1.807) is 0 Å². The Morgan fingerprint density at radius 2 is 1.81 bits per heavy atom. The maximum absolute atomic E-state index is 2.27. The highest BCUT2D eigenvalue weighted by atomic mass is 15.1. The number of rotatable bonds is 1. The second kappa shape index (κ2) is 3.86. The Labute approximate surface area is 95.7 Å². The Kier molecular flexibility index (Phi) is 2.22. The summed E-state index contributed by atoms with van der Waals surface area (Å²) in [6.07, 6.45) is 12.9. The van der Waals surface area contributed by atoms with Crippen molar-refractivity contribution in [2.75, 3.05) is 6.54 Å². The Hall–Kier alpha value is -2.02. The molecule has 2 heterocycles. The molecule has 0 aromatic heterocycles. The van der Waals surface area contributed by atoms with Gasteiger partial charge in [-0.3, -0.25) is 0 Å². The highest BCUT2D eigenvalue weighted by Crippen LogP contribution is 2.30. The number of allylic oxidation sites excluding steroid dienone is 5. The molecule has 2 aliphatic rings. The van der Waals surface area contributed by atoms with Gasteiger partial charge in [-0.1, -0.05) is 48.6 Å². The lowest BCUT2D eigenvalue weighted by molar-refractivity contribution is 0.528. The first-order chi connectivity index (χ1) is 7.95. The molecule has 1 aromatic carbocycles. The number of hydrogen-bond acceptors (Lipinski definition) is 1. The van der Waals surface area contributed by atoms with Gasteiger partial charge < -0.3 is 4.90 Å². The van der Waals surface area contributed by atoms with Crippen molar-refractivity contribution >= 4 is 5.57 Å². The molecule has 2 aliphatic heterocycles. The number of nitrogens with zero attached hydrogens (tertiary/aromatic N) is 1. The summed E-state index contributed by atoms with van der Waals surface area (Å²) < 4.78 is 0. The minimum Gasteiger partial charge on any atom is -0.344 e. The fraction of sp³-hybridized carbons (Fsp3) is 0.0667. The second-order valence-corrected chi connectivity index (χ2v) is 3.92. The van der Waals surface area contributed by atoms with Crippen molar-refractivity contribution in [2.24, 2.45) is 0 Å². The third-order valence-corrected chi connectivity index (χ3v) is 2.89. The zero-order chi connectivity index (χ0) is 10.8. The van der Waals surface area contributed by atoms with Crippen molar-refractivity contribution in [3.05, 3.63) is 78.2 Å². The zero-order valence-electron chi connectivity index (χ0n) is 9.01. The Balaban J connectivity index is 2.07. The summed E-state index contributed by atoms with van der Waals surface area (Å²) in [6.45, 7) is 0.965. The van der Waals surface area contributed by atoms with E-state index in [4.69, 9.17) is 0 Å². The zero-order valence-corrected chi connectivity index (χ0v) is 9.01. The third-order valence-electron chi connectivity index (χ3n) is 2.89. The van der Waals surface area contributed by atoms with Gasteiger partial charge in [0.2, 0.25) is 0 Å². The van der Waals surface area contributed by atoms with E-state index < -0.39 is 0 Å². The van der Waals surface area contributed by atoms with Crippen molar-refractivity contribution in [3.63, 3.8) is 0 Å². The van der Waals surface area contributed by atoms with Gasteiger partial charge in [-0.25, -0.2) is 0 Å². The molecule has 0 radical (unpaired) electrons. The minimum absolute atomic E-state index is 0.965. The average molecular weight is 207 g/mol. The fourth-order valence-electron chi connectivity index (χ4n) is 2.10. The van der Waals surface area contributed by atoms with Crippen molar-refractivity contribution < 1.29 is 0 Å². The molecule has 0 saturated heterocycles. The van der Waals surface area contributed by atoms with E-state index in [-0.39, 0.29) is 0 Å². The molecule has 0 unspecified atom stereocenters. The summed E-state index contributed by atoms with van der Waals surface area (Å²) in [7, 11) is 0. The van der Waals surface area contributed by atoms with Crippen molar-refractivity contribution in [2.45, 2.75) is 0 Å². The summed E-state index contributed by atoms with van der Waals surface area (Å²) in [5.74, 6) is 0. The highest BCUT2D eigenvalue weighted by molar-refractivity contribution is 5.81. The van der Waals surface area contributed by atoms with Gasteiger partial charge in [0.05, 0.1) is 0 Å². The molecule has 0 N–H and O–H groups in total. The monoisotopic (exact) mass is 207 g/mol. The first kappa shape index (κ1) is 9.22. The maximum atomic E-state index is 2.27. The topological polar surface area (TPSA) is 3.24 Å². The van der Waals surface area contributed by atoms with E-state index in [1.807, 2.05) is 0 Å². The normalized spacial score (nSPS) is 17.9. The van der Waals surface area contributed by atoms with E-state index in [1.165, 1.54) is 16.8 Å². The van der Waals surface area contributed by atoms with Gasteiger partial charge in [-0.2, -0.15) is 0 Å². The van der Waals surface area contributed by atoms with Crippen LogP contribution in [-0.2, 0) is 0 Å². The highest BCUT2D eigenvalue weighted by Gasteiger charge is 2.16. The molecular formula is C15H13N. The molecule has 0 saturated carbocycles. The molecule has 0 atom stereocenters. The summed E-state index contributed by atoms with van der Waals surface area (Å²) in [5, 5.41) is 0. The smallest absolute Gasteiger partial charge is 0.0488 e. The fourth-order valence-corrected chi connectivity index (χ4v) is 2.10. The maximum Gasteiger partial charge on any atom is 0.0488 e. The molecule has 3 rings (SSSR count). The van der Waals surface area contributed by atoms with E-state index in [9.17, 15) is 0 Å². The summed E-state index contributed by atoms with van der Waals surface area (Å²) in [5.41, 5.74) is 3.86. The standard InChI is InChI=1S/C15H13N/c1-2-7-13(8-3-1)14-9-6-12-16-11-5-4-10-15(14)16/h1-10,12H,11H2. The number of hydrogen-bond donors (Lipinski definition) is 0. The first-order valence-corrected chi connectivity index (χ1v) is 5.53. The SMILES string of the molecule is C1=CCN2C=CC=C(c3ccccc3)C2=C1. The van der Waals surface area contributed by atoms with Crippen LogP contribution in [0.5, 0.6) is 0 Å². The van der Waals surface area contributed by atoms with Crippen LogP contribution >= 0.6 is 0 Å². The molecule has 1 nitrogen and oxygen atoms in total. The molecular weight excluding hydrogens is 194 g/mol. The van der Waals surface area contributed by atoms with Crippen LogP contribution in [0.4, 0.5) is 0 Å². The van der Waals surface area contributed by atoms with Crippen molar-refractivity contribution in [3.8, 4) is 0 Å². The quantitative estimate of drug-likeness (QED) is 0.682. The minimum atomic E-state index is 0.965. The van der Waals surface area contributed by atoms with Gasteiger partial charge in [-0.15, -0.1) is 0 Å². The molecule has 0 amide bonds. The average Bonchev–Trinajstić information content (AvgIpc) is 2.39. The van der Waals surface area contributed by atoms with Gasteiger partial charge >= 0.3 is 0 Å². The van der Waals surface area contributed by atoms with Crippen molar-refractivity contribution in [1.82, 2.24) is 4.90 Å². The van der Waals surface area contributed by atoms with E-state index >= 15 is 0 Å². The third kappa shape index (κ3) is 1.50. The van der Waals surface area contributed by atoms with Gasteiger partial charge in [0.15, 0.2) is 0 Å². The lowest BCUT2D eigenvalue weighted by atomic mass is 9.98. The lowest BCUT2D eigenvalue weighted by Crippen LogP contribution is -2.21. The van der Waals surface area contributed by atoms with Gasteiger partial charge in [0.25, 0.3) is 0 Å². The number of benzene rings is 1. The van der Waals surface area contributed by atoms with Crippen LogP contribution in [0, 0.1) is 0 Å². The van der Waals surface area contributed by atoms with Crippen LogP contribution < -0.4 is 0 Å². The summed E-state index contributed by atoms with van der Waals surface area (Å²) in [4.78, 5) is 2.27. The van der Waals surface area contributed by atoms with Crippen LogP contribution in [0.2, 0.25) is 0 Å². The predicted molar refractivity (Wildman–Crippen MR) is 67.5 cm³/mol. The van der Waals surface area contributed by atoms with Crippen LogP contribution in [0.25, 0.3) is 5.57 Å². The van der Waals surface area contributed by atoms with Crippen LogP contribution in [-0.4, -0.2) is 11.4 Å². The predicted octanol–water partition coefficient (Wildman–Crippen LogP) is 3.35. The van der Waals surface area contributed by atoms with E-state index in [2.05, 4.69) is 71.8 Å². The molecule has 0 aliphatic carbocycles. The van der Waals surface area contributed by atoms with Gasteiger partial charge in [-0.05, 0) is 17.7 Å². The van der Waals surface area contributed by atoms with Crippen molar-refractivity contribution in [1.29, 1.82) is 0 Å². The van der Waals surface area contributed by atoms with Crippen LogP contribution in [0.15, 0.2) is 72.6 Å². The Morgan fingerprint density at radius 1 is 0.938 bits per heavy atom. The van der Waals surface area contributed by atoms with Crippen LogP contribution in [0.1, 0.15) is 5.56 Å². The first-order valence-electron chi connectivity index (χ1n) is 5.53. The second-order valence-electron chi connectivity index (χ2n) is 3.92. The molecule has 1 heteroatoms. The summed E-state index contributed by atoms with van der Waals surface area (Å²) in [6, 6.07) is 10.5. The molecule has 1 aromatic rings.